The van der Waals surface area contributed by atoms with E-state index >= 15 is 0 Å². The second kappa shape index (κ2) is 4.95. The summed E-state index contributed by atoms with van der Waals surface area (Å²) in [6.07, 6.45) is 0.860. The first-order chi connectivity index (χ1) is 7.39. The second-order valence-corrected chi connectivity index (χ2v) is 5.01. The lowest BCUT2D eigenvalue weighted by Gasteiger charge is -2.41. The molecule has 0 aromatic heterocycles. The van der Waals surface area contributed by atoms with Gasteiger partial charge in [-0.15, -0.1) is 0 Å². The molecule has 1 unspecified atom stereocenters. The van der Waals surface area contributed by atoms with Gasteiger partial charge in [0.15, 0.2) is 0 Å². The predicted molar refractivity (Wildman–Crippen MR) is 63.1 cm³/mol. The largest absolute Gasteiger partial charge is 0.353 e. The highest BCUT2D eigenvalue weighted by molar-refractivity contribution is 5.88. The maximum Gasteiger partial charge on any atom is 0.240 e. The monoisotopic (exact) mass is 226 g/mol. The lowest BCUT2D eigenvalue weighted by atomic mass is 9.96. The molecule has 0 spiro atoms. The van der Waals surface area contributed by atoms with Gasteiger partial charge in [0.05, 0.1) is 12.1 Å². The number of carbonyl (C=O) groups excluding carboxylic acids is 2. The van der Waals surface area contributed by atoms with E-state index in [4.69, 9.17) is 0 Å². The summed E-state index contributed by atoms with van der Waals surface area (Å²) in [5.41, 5.74) is -0.568. The molecule has 1 N–H and O–H groups in total. The minimum atomic E-state index is -0.568. The van der Waals surface area contributed by atoms with Crippen LogP contribution in [0.5, 0.6) is 0 Å². The average Bonchev–Trinajstić information content (AvgIpc) is 2.24. The van der Waals surface area contributed by atoms with Crippen molar-refractivity contribution in [2.45, 2.75) is 39.7 Å². The van der Waals surface area contributed by atoms with Crippen LogP contribution in [0.4, 0.5) is 0 Å². The second-order valence-electron chi connectivity index (χ2n) is 5.01. The average molecular weight is 226 g/mol. The van der Waals surface area contributed by atoms with Crippen molar-refractivity contribution in [3.05, 3.63) is 0 Å². The van der Waals surface area contributed by atoms with Crippen molar-refractivity contribution >= 4 is 11.7 Å². The Morgan fingerprint density at radius 3 is 2.75 bits per heavy atom. The summed E-state index contributed by atoms with van der Waals surface area (Å²) in [5.74, 6) is 0.321. The summed E-state index contributed by atoms with van der Waals surface area (Å²) >= 11 is 0. The van der Waals surface area contributed by atoms with Crippen LogP contribution in [0.2, 0.25) is 0 Å². The lowest BCUT2D eigenvalue weighted by Crippen LogP contribution is -2.62. The van der Waals surface area contributed by atoms with Crippen molar-refractivity contribution in [3.63, 3.8) is 0 Å². The molecule has 1 fully saturated rings. The number of piperazine rings is 1. The summed E-state index contributed by atoms with van der Waals surface area (Å²) in [7, 11) is 0. The van der Waals surface area contributed by atoms with Crippen molar-refractivity contribution in [1.29, 1.82) is 0 Å². The Hall–Kier alpha value is -0.900. The zero-order chi connectivity index (χ0) is 12.3. The van der Waals surface area contributed by atoms with Crippen LogP contribution in [0, 0.1) is 5.92 Å². The molecule has 0 aliphatic carbocycles. The highest BCUT2D eigenvalue weighted by atomic mass is 16.2. The van der Waals surface area contributed by atoms with Crippen LogP contribution in [0.3, 0.4) is 0 Å². The van der Waals surface area contributed by atoms with Crippen LogP contribution in [-0.2, 0) is 9.59 Å². The maximum atomic E-state index is 11.9. The zero-order valence-corrected chi connectivity index (χ0v) is 10.7. The van der Waals surface area contributed by atoms with Gasteiger partial charge in [-0.2, -0.15) is 0 Å². The van der Waals surface area contributed by atoms with E-state index in [-0.39, 0.29) is 17.6 Å². The minimum Gasteiger partial charge on any atom is -0.353 e. The van der Waals surface area contributed by atoms with Gasteiger partial charge in [-0.05, 0) is 20.3 Å². The molecule has 1 aliphatic heterocycles. The summed E-state index contributed by atoms with van der Waals surface area (Å²) < 4.78 is 0. The van der Waals surface area contributed by atoms with Gasteiger partial charge in [-0.1, -0.05) is 13.8 Å². The Balaban J connectivity index is 2.66. The summed E-state index contributed by atoms with van der Waals surface area (Å²) in [6, 6.07) is 0. The van der Waals surface area contributed by atoms with Gasteiger partial charge in [-0.3, -0.25) is 14.5 Å². The Kier molecular flexibility index (Phi) is 4.08. The van der Waals surface area contributed by atoms with E-state index in [0.29, 0.717) is 13.1 Å². The molecule has 1 heterocycles. The van der Waals surface area contributed by atoms with E-state index in [9.17, 15) is 9.59 Å². The first-order valence-corrected chi connectivity index (χ1v) is 5.95. The van der Waals surface area contributed by atoms with Crippen LogP contribution in [0.1, 0.15) is 34.1 Å². The number of hydrogen-bond acceptors (Lipinski definition) is 3. The fourth-order valence-corrected chi connectivity index (χ4v) is 1.79. The smallest absolute Gasteiger partial charge is 0.240 e. The topological polar surface area (TPSA) is 49.4 Å². The third kappa shape index (κ3) is 2.61. The molecule has 92 valence electrons. The van der Waals surface area contributed by atoms with E-state index in [1.807, 2.05) is 32.6 Å². The Morgan fingerprint density at radius 1 is 1.56 bits per heavy atom. The van der Waals surface area contributed by atoms with Gasteiger partial charge >= 0.3 is 0 Å². The van der Waals surface area contributed by atoms with Crippen molar-refractivity contribution in [3.8, 4) is 0 Å². The number of Topliss-reactive ketones (excluding diaryl/α,β-unsaturated/α-hetero) is 1. The Bertz CT molecular complexity index is 287. The first-order valence-electron chi connectivity index (χ1n) is 5.95. The van der Waals surface area contributed by atoms with E-state index in [1.54, 1.807) is 0 Å². The third-order valence-electron chi connectivity index (χ3n) is 3.52. The summed E-state index contributed by atoms with van der Waals surface area (Å²) in [5, 5.41) is 2.83. The number of ketones is 1. The molecule has 4 nitrogen and oxygen atoms in total. The zero-order valence-electron chi connectivity index (χ0n) is 10.7. The molecule has 0 aromatic rings. The summed E-state index contributed by atoms with van der Waals surface area (Å²) in [6.45, 7) is 9.46. The fourth-order valence-electron chi connectivity index (χ4n) is 1.79. The number of hydrogen-bond donors (Lipinski definition) is 1. The van der Waals surface area contributed by atoms with Crippen molar-refractivity contribution in [2.24, 2.45) is 5.92 Å². The fraction of sp³-hybridized carbons (Fsp3) is 0.833. The van der Waals surface area contributed by atoms with Gasteiger partial charge in [0.1, 0.15) is 5.78 Å². The van der Waals surface area contributed by atoms with E-state index in [2.05, 4.69) is 5.32 Å². The maximum absolute atomic E-state index is 11.9. The van der Waals surface area contributed by atoms with Crippen LogP contribution >= 0.6 is 0 Å². The Morgan fingerprint density at radius 2 is 2.19 bits per heavy atom. The number of nitrogens with zero attached hydrogens (tertiary/aromatic N) is 1. The SMILES string of the molecule is CCC(C)C(=O)CN1CCNC(=O)C1(C)C. The molecule has 0 aromatic carbocycles. The lowest BCUT2D eigenvalue weighted by molar-refractivity contribution is -0.137. The van der Waals surface area contributed by atoms with Gasteiger partial charge in [-0.25, -0.2) is 0 Å². The van der Waals surface area contributed by atoms with E-state index in [1.165, 1.54) is 0 Å². The third-order valence-corrected chi connectivity index (χ3v) is 3.52. The molecular weight excluding hydrogens is 204 g/mol. The molecule has 4 heteroatoms. The number of nitrogens with one attached hydrogen (secondary N) is 1. The number of carbonyl (C=O) groups is 2. The van der Waals surface area contributed by atoms with Gasteiger partial charge in [0.2, 0.25) is 5.91 Å². The van der Waals surface area contributed by atoms with E-state index < -0.39 is 5.54 Å². The molecule has 16 heavy (non-hydrogen) atoms. The molecular formula is C12H22N2O2. The standard InChI is InChI=1S/C12H22N2O2/c1-5-9(2)10(15)8-14-7-6-13-11(16)12(14,3)4/h9H,5-8H2,1-4H3,(H,13,16). The quantitative estimate of drug-likeness (QED) is 0.772. The Labute approximate surface area is 97.4 Å². The van der Waals surface area contributed by atoms with Crippen LogP contribution in [0.15, 0.2) is 0 Å². The normalized spacial score (nSPS) is 22.6. The van der Waals surface area contributed by atoms with E-state index in [0.717, 1.165) is 13.0 Å². The minimum absolute atomic E-state index is 0.00991. The van der Waals surface area contributed by atoms with Crippen LogP contribution in [-0.4, -0.2) is 41.8 Å². The van der Waals surface area contributed by atoms with Gasteiger partial charge in [0.25, 0.3) is 0 Å². The first kappa shape index (κ1) is 13.2. The van der Waals surface area contributed by atoms with Crippen LogP contribution in [0.25, 0.3) is 0 Å². The van der Waals surface area contributed by atoms with Crippen molar-refractivity contribution in [2.75, 3.05) is 19.6 Å². The molecule has 1 rings (SSSR count). The molecule has 1 atom stereocenters. The highest BCUT2D eigenvalue weighted by Gasteiger charge is 2.38. The van der Waals surface area contributed by atoms with Crippen molar-refractivity contribution < 1.29 is 9.59 Å². The highest BCUT2D eigenvalue weighted by Crippen LogP contribution is 2.18. The van der Waals surface area contributed by atoms with Gasteiger partial charge < -0.3 is 5.32 Å². The molecule has 1 amide bonds. The number of amides is 1. The molecule has 0 saturated carbocycles. The number of rotatable bonds is 4. The van der Waals surface area contributed by atoms with Crippen LogP contribution < -0.4 is 5.32 Å². The molecule has 1 saturated heterocycles. The molecule has 1 aliphatic rings. The predicted octanol–water partition coefficient (Wildman–Crippen LogP) is 0.812. The van der Waals surface area contributed by atoms with Gasteiger partial charge in [0, 0.05) is 19.0 Å². The molecule has 0 bridgehead atoms. The summed E-state index contributed by atoms with van der Waals surface area (Å²) in [4.78, 5) is 25.5. The molecule has 0 radical (unpaired) electrons. The van der Waals surface area contributed by atoms with Crippen molar-refractivity contribution in [1.82, 2.24) is 10.2 Å².